The first-order chi connectivity index (χ1) is 7.57. The molecule has 0 aliphatic heterocycles. The number of carbonyl (C=O) groups is 1. The molecule has 0 N–H and O–H groups in total. The van der Waals surface area contributed by atoms with Crippen molar-refractivity contribution in [3.05, 3.63) is 17.3 Å². The van der Waals surface area contributed by atoms with Crippen LogP contribution in [0.2, 0.25) is 0 Å². The lowest BCUT2D eigenvalue weighted by Gasteiger charge is -2.15. The summed E-state index contributed by atoms with van der Waals surface area (Å²) in [5.74, 6) is 0.297. The SMILES string of the molecule is COC(=O)c1oc(C(C)(C)C)nc1C(C)(C)C. The maximum atomic E-state index is 11.7. The summed E-state index contributed by atoms with van der Waals surface area (Å²) in [6.07, 6.45) is 0. The summed E-state index contributed by atoms with van der Waals surface area (Å²) in [6.45, 7) is 11.9. The van der Waals surface area contributed by atoms with E-state index in [1.54, 1.807) is 0 Å². The van der Waals surface area contributed by atoms with Crippen molar-refractivity contribution in [3.63, 3.8) is 0 Å². The molecule has 1 aromatic heterocycles. The largest absolute Gasteiger partial charge is 0.463 e. The Balaban J connectivity index is 3.37. The highest BCUT2D eigenvalue weighted by Crippen LogP contribution is 2.31. The first-order valence-electron chi connectivity index (χ1n) is 5.67. The predicted octanol–water partition coefficient (Wildman–Crippen LogP) is 3.06. The number of esters is 1. The summed E-state index contributed by atoms with van der Waals surface area (Å²) in [5.41, 5.74) is 0.164. The Morgan fingerprint density at radius 3 is 2.00 bits per heavy atom. The average Bonchev–Trinajstić information content (AvgIpc) is 2.59. The van der Waals surface area contributed by atoms with Crippen LogP contribution in [0.3, 0.4) is 0 Å². The van der Waals surface area contributed by atoms with Gasteiger partial charge in [-0.2, -0.15) is 0 Å². The minimum atomic E-state index is -0.474. The molecular weight excluding hydrogens is 218 g/mol. The number of rotatable bonds is 1. The minimum Gasteiger partial charge on any atom is -0.463 e. The van der Waals surface area contributed by atoms with Crippen molar-refractivity contribution in [1.82, 2.24) is 4.98 Å². The number of hydrogen-bond donors (Lipinski definition) is 0. The van der Waals surface area contributed by atoms with Gasteiger partial charge in [0.05, 0.1) is 12.8 Å². The van der Waals surface area contributed by atoms with Crippen molar-refractivity contribution in [2.45, 2.75) is 52.4 Å². The number of aromatic nitrogens is 1. The molecule has 0 fully saturated rings. The second-order valence-electron chi connectivity index (χ2n) is 6.19. The van der Waals surface area contributed by atoms with Crippen LogP contribution in [0.1, 0.15) is 63.7 Å². The molecule has 96 valence electrons. The predicted molar refractivity (Wildman–Crippen MR) is 65.2 cm³/mol. The molecule has 0 atom stereocenters. The zero-order valence-corrected chi connectivity index (χ0v) is 11.7. The van der Waals surface area contributed by atoms with E-state index in [0.717, 1.165) is 0 Å². The van der Waals surface area contributed by atoms with Gasteiger partial charge in [0.15, 0.2) is 0 Å². The normalized spacial score (nSPS) is 12.6. The van der Waals surface area contributed by atoms with Crippen LogP contribution in [0, 0.1) is 0 Å². The number of carbonyl (C=O) groups excluding carboxylic acids is 1. The monoisotopic (exact) mass is 239 g/mol. The van der Waals surface area contributed by atoms with Crippen LogP contribution < -0.4 is 0 Å². The summed E-state index contributed by atoms with van der Waals surface area (Å²) in [5, 5.41) is 0. The average molecular weight is 239 g/mol. The molecule has 4 heteroatoms. The molecule has 0 aromatic carbocycles. The Morgan fingerprint density at radius 1 is 1.12 bits per heavy atom. The lowest BCUT2D eigenvalue weighted by molar-refractivity contribution is 0.0557. The van der Waals surface area contributed by atoms with Gasteiger partial charge in [0.25, 0.3) is 0 Å². The van der Waals surface area contributed by atoms with E-state index >= 15 is 0 Å². The highest BCUT2D eigenvalue weighted by Gasteiger charge is 2.32. The van der Waals surface area contributed by atoms with E-state index in [0.29, 0.717) is 11.6 Å². The van der Waals surface area contributed by atoms with Gasteiger partial charge in [0.2, 0.25) is 11.7 Å². The Bertz CT molecular complexity index is 419. The maximum Gasteiger partial charge on any atom is 0.376 e. The van der Waals surface area contributed by atoms with Gasteiger partial charge in [-0.3, -0.25) is 0 Å². The summed E-state index contributed by atoms with van der Waals surface area (Å²) in [7, 11) is 1.34. The van der Waals surface area contributed by atoms with E-state index in [2.05, 4.69) is 4.98 Å². The highest BCUT2D eigenvalue weighted by atomic mass is 16.5. The van der Waals surface area contributed by atoms with Crippen LogP contribution >= 0.6 is 0 Å². The molecule has 0 bridgehead atoms. The third-order valence-corrected chi connectivity index (χ3v) is 2.35. The second-order valence-corrected chi connectivity index (χ2v) is 6.19. The summed E-state index contributed by atoms with van der Waals surface area (Å²) in [4.78, 5) is 16.1. The Labute approximate surface area is 102 Å². The Morgan fingerprint density at radius 2 is 1.65 bits per heavy atom. The lowest BCUT2D eigenvalue weighted by Crippen LogP contribution is -2.18. The summed E-state index contributed by atoms with van der Waals surface area (Å²) < 4.78 is 10.3. The molecule has 0 saturated heterocycles. The summed E-state index contributed by atoms with van der Waals surface area (Å²) >= 11 is 0. The van der Waals surface area contributed by atoms with Crippen molar-refractivity contribution in [2.75, 3.05) is 7.11 Å². The smallest absolute Gasteiger partial charge is 0.376 e. The van der Waals surface area contributed by atoms with Gasteiger partial charge >= 0.3 is 5.97 Å². The molecule has 0 aliphatic carbocycles. The number of nitrogens with zero attached hydrogens (tertiary/aromatic N) is 1. The Kier molecular flexibility index (Phi) is 3.37. The first-order valence-corrected chi connectivity index (χ1v) is 5.67. The van der Waals surface area contributed by atoms with Crippen molar-refractivity contribution >= 4 is 5.97 Å². The van der Waals surface area contributed by atoms with Crippen LogP contribution in [0.5, 0.6) is 0 Å². The second kappa shape index (κ2) is 4.17. The van der Waals surface area contributed by atoms with Crippen LogP contribution in [0.15, 0.2) is 4.42 Å². The van der Waals surface area contributed by atoms with Gasteiger partial charge in [0.1, 0.15) is 0 Å². The van der Waals surface area contributed by atoms with Gasteiger partial charge in [-0.05, 0) is 0 Å². The van der Waals surface area contributed by atoms with Crippen LogP contribution in [-0.2, 0) is 15.6 Å². The van der Waals surface area contributed by atoms with E-state index in [-0.39, 0.29) is 16.6 Å². The summed E-state index contributed by atoms with van der Waals surface area (Å²) in [6, 6.07) is 0. The zero-order chi connectivity index (χ0) is 13.4. The first kappa shape index (κ1) is 13.7. The van der Waals surface area contributed by atoms with E-state index in [9.17, 15) is 4.79 Å². The molecule has 0 aliphatic rings. The van der Waals surface area contributed by atoms with Crippen molar-refractivity contribution < 1.29 is 13.9 Å². The van der Waals surface area contributed by atoms with Crippen LogP contribution in [0.4, 0.5) is 0 Å². The van der Waals surface area contributed by atoms with Gasteiger partial charge in [-0.15, -0.1) is 0 Å². The molecule has 1 heterocycles. The number of hydrogen-bond acceptors (Lipinski definition) is 4. The maximum absolute atomic E-state index is 11.7. The van der Waals surface area contributed by atoms with Gasteiger partial charge in [-0.25, -0.2) is 9.78 Å². The van der Waals surface area contributed by atoms with E-state index in [1.807, 2.05) is 41.5 Å². The third kappa shape index (κ3) is 2.87. The fraction of sp³-hybridized carbons (Fsp3) is 0.692. The standard InChI is InChI=1S/C13H21NO3/c1-12(2,3)9-8(10(15)16-7)17-11(14-9)13(4,5)6/h1-7H3. The molecule has 0 amide bonds. The number of ether oxygens (including phenoxy) is 1. The van der Waals surface area contributed by atoms with Crippen molar-refractivity contribution in [1.29, 1.82) is 0 Å². The lowest BCUT2D eigenvalue weighted by atomic mass is 9.90. The molecular formula is C13H21NO3. The van der Waals surface area contributed by atoms with Crippen molar-refractivity contribution in [3.8, 4) is 0 Å². The molecule has 1 rings (SSSR count). The zero-order valence-electron chi connectivity index (χ0n) is 11.7. The van der Waals surface area contributed by atoms with Crippen molar-refractivity contribution in [2.24, 2.45) is 0 Å². The molecule has 0 radical (unpaired) electrons. The number of methoxy groups -OCH3 is 1. The van der Waals surface area contributed by atoms with Crippen LogP contribution in [-0.4, -0.2) is 18.1 Å². The fourth-order valence-electron chi connectivity index (χ4n) is 1.38. The molecule has 17 heavy (non-hydrogen) atoms. The fourth-order valence-corrected chi connectivity index (χ4v) is 1.38. The number of oxazole rings is 1. The quantitative estimate of drug-likeness (QED) is 0.707. The molecule has 4 nitrogen and oxygen atoms in total. The Hall–Kier alpha value is -1.32. The topological polar surface area (TPSA) is 52.3 Å². The molecule has 1 aromatic rings. The van der Waals surface area contributed by atoms with E-state index in [4.69, 9.17) is 9.15 Å². The molecule has 0 spiro atoms. The van der Waals surface area contributed by atoms with Gasteiger partial charge < -0.3 is 9.15 Å². The van der Waals surface area contributed by atoms with Gasteiger partial charge in [0, 0.05) is 10.8 Å². The van der Waals surface area contributed by atoms with E-state index in [1.165, 1.54) is 7.11 Å². The van der Waals surface area contributed by atoms with Crippen LogP contribution in [0.25, 0.3) is 0 Å². The highest BCUT2D eigenvalue weighted by molar-refractivity contribution is 5.87. The third-order valence-electron chi connectivity index (χ3n) is 2.35. The van der Waals surface area contributed by atoms with E-state index < -0.39 is 5.97 Å². The minimum absolute atomic E-state index is 0.213. The molecule has 0 unspecified atom stereocenters. The molecule has 0 saturated carbocycles. The van der Waals surface area contributed by atoms with Gasteiger partial charge in [-0.1, -0.05) is 41.5 Å².